The Bertz CT molecular complexity index is 1210. The Hall–Kier alpha value is -2.67. The van der Waals surface area contributed by atoms with Crippen LogP contribution < -0.4 is 5.32 Å². The van der Waals surface area contributed by atoms with Crippen molar-refractivity contribution in [2.45, 2.75) is 59.4 Å². The summed E-state index contributed by atoms with van der Waals surface area (Å²) >= 11 is 0. The Morgan fingerprint density at radius 2 is 1.58 bits per heavy atom. The number of sulfonamides is 1. The quantitative estimate of drug-likeness (QED) is 0.715. The summed E-state index contributed by atoms with van der Waals surface area (Å²) in [4.78, 5) is 15.1. The fourth-order valence-electron chi connectivity index (χ4n) is 4.26. The molecule has 0 aliphatic carbocycles. The minimum absolute atomic E-state index is 0.159. The first kappa shape index (κ1) is 25.0. The van der Waals surface area contributed by atoms with Gasteiger partial charge in [-0.2, -0.15) is 9.57 Å². The molecular formula is C24H32N4O4S. The van der Waals surface area contributed by atoms with Gasteiger partial charge >= 0.3 is 0 Å². The molecule has 1 aliphatic rings. The summed E-state index contributed by atoms with van der Waals surface area (Å²) in [6.45, 7) is 14.3. The number of carbonyl (C=O) groups excluding carboxylic acids is 1. The third kappa shape index (κ3) is 4.56. The highest BCUT2D eigenvalue weighted by Gasteiger charge is 2.34. The predicted octanol–water partition coefficient (Wildman–Crippen LogP) is 3.34. The van der Waals surface area contributed by atoms with Gasteiger partial charge in [-0.1, -0.05) is 6.07 Å². The van der Waals surface area contributed by atoms with E-state index in [9.17, 15) is 18.5 Å². The van der Waals surface area contributed by atoms with Gasteiger partial charge in [0.2, 0.25) is 21.8 Å². The van der Waals surface area contributed by atoms with Crippen molar-refractivity contribution >= 4 is 21.8 Å². The number of benzene rings is 1. The highest BCUT2D eigenvalue weighted by molar-refractivity contribution is 7.89. The Labute approximate surface area is 196 Å². The van der Waals surface area contributed by atoms with E-state index >= 15 is 0 Å². The Morgan fingerprint density at radius 3 is 2.09 bits per heavy atom. The van der Waals surface area contributed by atoms with Crippen LogP contribution in [0.4, 0.5) is 5.88 Å². The molecule has 1 atom stereocenters. The second-order valence-corrected chi connectivity index (χ2v) is 10.7. The van der Waals surface area contributed by atoms with Crippen molar-refractivity contribution in [2.75, 3.05) is 31.5 Å². The zero-order valence-electron chi connectivity index (χ0n) is 20.4. The maximum absolute atomic E-state index is 13.5. The molecule has 9 heteroatoms. The number of piperazine rings is 1. The van der Waals surface area contributed by atoms with Gasteiger partial charge in [-0.15, -0.1) is 0 Å². The largest absolute Gasteiger partial charge is 0.444 e. The van der Waals surface area contributed by atoms with Crippen LogP contribution in [0.1, 0.15) is 46.1 Å². The number of furan rings is 1. The van der Waals surface area contributed by atoms with E-state index in [-0.39, 0.29) is 11.8 Å². The van der Waals surface area contributed by atoms with Crippen molar-refractivity contribution in [2.24, 2.45) is 0 Å². The van der Waals surface area contributed by atoms with Gasteiger partial charge in [0, 0.05) is 31.7 Å². The highest BCUT2D eigenvalue weighted by Crippen LogP contribution is 2.30. The van der Waals surface area contributed by atoms with Crippen LogP contribution in [0.3, 0.4) is 0 Å². The summed E-state index contributed by atoms with van der Waals surface area (Å²) in [6, 6.07) is 3.58. The predicted molar refractivity (Wildman–Crippen MR) is 127 cm³/mol. The smallest absolute Gasteiger partial charge is 0.243 e. The number of aryl methyl sites for hydroxylation is 3. The molecule has 2 aromatic rings. The molecule has 0 saturated carbocycles. The number of rotatable bonds is 5. The Kier molecular flexibility index (Phi) is 7.03. The third-order valence-electron chi connectivity index (χ3n) is 6.83. The van der Waals surface area contributed by atoms with Gasteiger partial charge in [-0.05, 0) is 70.7 Å². The van der Waals surface area contributed by atoms with Crippen LogP contribution in [0, 0.1) is 52.9 Å². The van der Waals surface area contributed by atoms with Gasteiger partial charge in [0.05, 0.1) is 10.9 Å². The van der Waals surface area contributed by atoms with Crippen molar-refractivity contribution < 1.29 is 17.6 Å². The molecule has 2 heterocycles. The summed E-state index contributed by atoms with van der Waals surface area (Å²) < 4.78 is 34.0. The summed E-state index contributed by atoms with van der Waals surface area (Å²) in [5.41, 5.74) is 4.51. The first-order valence-corrected chi connectivity index (χ1v) is 12.5. The fraction of sp³-hybridized carbons (Fsp3) is 0.500. The molecule has 8 nitrogen and oxygen atoms in total. The van der Waals surface area contributed by atoms with Crippen molar-refractivity contribution in [3.05, 3.63) is 45.2 Å². The highest BCUT2D eigenvalue weighted by atomic mass is 32.2. The molecule has 178 valence electrons. The molecule has 1 amide bonds. The fourth-order valence-corrected chi connectivity index (χ4v) is 6.26. The summed E-state index contributed by atoms with van der Waals surface area (Å²) in [7, 11) is -3.64. The number of hydrogen-bond donors (Lipinski definition) is 1. The normalized spacial score (nSPS) is 16.4. The van der Waals surface area contributed by atoms with Crippen LogP contribution in [-0.2, 0) is 14.8 Å². The zero-order chi connectivity index (χ0) is 24.7. The molecule has 1 aromatic heterocycles. The van der Waals surface area contributed by atoms with Crippen molar-refractivity contribution in [1.82, 2.24) is 9.21 Å². The van der Waals surface area contributed by atoms with Gasteiger partial charge in [-0.25, -0.2) is 8.42 Å². The maximum atomic E-state index is 13.5. The molecule has 1 unspecified atom stereocenters. The van der Waals surface area contributed by atoms with E-state index in [1.807, 2.05) is 38.7 Å². The van der Waals surface area contributed by atoms with Gasteiger partial charge < -0.3 is 4.42 Å². The lowest BCUT2D eigenvalue weighted by Gasteiger charge is -2.37. The van der Waals surface area contributed by atoms with Crippen LogP contribution in [0.25, 0.3) is 0 Å². The maximum Gasteiger partial charge on any atom is 0.243 e. The summed E-state index contributed by atoms with van der Waals surface area (Å²) in [5.74, 6) is 0.453. The summed E-state index contributed by atoms with van der Waals surface area (Å²) in [6.07, 6.45) is 0. The van der Waals surface area contributed by atoms with E-state index in [1.165, 1.54) is 4.31 Å². The van der Waals surface area contributed by atoms with Gasteiger partial charge in [-0.3, -0.25) is 15.0 Å². The molecule has 1 N–H and O–H groups in total. The standard InChI is InChI=1S/C24H32N4O4S/c1-14-12-15(2)17(4)22(16(14)3)33(30,31)28-10-8-27(9-11-28)19(6)23(29)26-24-21(13-25)18(5)20(7)32-24/h12,19H,8-11H2,1-7H3,(H,26,29). The van der Waals surface area contributed by atoms with Crippen LogP contribution in [0.5, 0.6) is 0 Å². The number of nitrogens with one attached hydrogen (secondary N) is 1. The number of hydrogen-bond acceptors (Lipinski definition) is 6. The molecule has 1 aromatic carbocycles. The third-order valence-corrected chi connectivity index (χ3v) is 9.00. The van der Waals surface area contributed by atoms with Crippen LogP contribution in [0.15, 0.2) is 15.4 Å². The Balaban J connectivity index is 1.72. The molecule has 0 bridgehead atoms. The van der Waals surface area contributed by atoms with Crippen LogP contribution in [-0.4, -0.2) is 55.8 Å². The number of nitrogens with zero attached hydrogens (tertiary/aromatic N) is 3. The van der Waals surface area contributed by atoms with Gasteiger partial charge in [0.15, 0.2) is 0 Å². The van der Waals surface area contributed by atoms with E-state index in [2.05, 4.69) is 11.4 Å². The molecule has 1 saturated heterocycles. The minimum Gasteiger partial charge on any atom is -0.444 e. The van der Waals surface area contributed by atoms with Crippen molar-refractivity contribution in [3.63, 3.8) is 0 Å². The van der Waals surface area contributed by atoms with E-state index in [0.29, 0.717) is 48.0 Å². The number of amides is 1. The minimum atomic E-state index is -3.64. The van der Waals surface area contributed by atoms with E-state index in [0.717, 1.165) is 22.3 Å². The molecule has 1 fully saturated rings. The van der Waals surface area contributed by atoms with Crippen molar-refractivity contribution in [1.29, 1.82) is 5.26 Å². The van der Waals surface area contributed by atoms with E-state index in [1.54, 1.807) is 20.8 Å². The van der Waals surface area contributed by atoms with Crippen LogP contribution >= 0.6 is 0 Å². The lowest BCUT2D eigenvalue weighted by atomic mass is 10.0. The average Bonchev–Trinajstić information content (AvgIpc) is 3.04. The summed E-state index contributed by atoms with van der Waals surface area (Å²) in [5, 5.41) is 12.1. The molecule has 0 radical (unpaired) electrons. The zero-order valence-corrected chi connectivity index (χ0v) is 21.2. The first-order chi connectivity index (χ1) is 15.4. The lowest BCUT2D eigenvalue weighted by molar-refractivity contribution is -0.121. The molecular weight excluding hydrogens is 440 g/mol. The van der Waals surface area contributed by atoms with Crippen molar-refractivity contribution in [3.8, 4) is 6.07 Å². The van der Waals surface area contributed by atoms with Gasteiger partial charge in [0.25, 0.3) is 0 Å². The monoisotopic (exact) mass is 472 g/mol. The second kappa shape index (κ2) is 9.29. The second-order valence-electron chi connectivity index (χ2n) is 8.79. The molecule has 3 rings (SSSR count). The topological polar surface area (TPSA) is 107 Å². The first-order valence-electron chi connectivity index (χ1n) is 11.0. The average molecular weight is 473 g/mol. The van der Waals surface area contributed by atoms with E-state index in [4.69, 9.17) is 4.42 Å². The molecule has 0 spiro atoms. The Morgan fingerprint density at radius 1 is 1.03 bits per heavy atom. The number of anilines is 1. The van der Waals surface area contributed by atoms with E-state index < -0.39 is 16.1 Å². The lowest BCUT2D eigenvalue weighted by Crippen LogP contribution is -2.54. The molecule has 1 aliphatic heterocycles. The number of nitriles is 1. The van der Waals surface area contributed by atoms with Gasteiger partial charge in [0.1, 0.15) is 17.4 Å². The molecule has 33 heavy (non-hydrogen) atoms. The number of carbonyl (C=O) groups is 1. The SMILES string of the molecule is Cc1cc(C)c(C)c(S(=O)(=O)N2CCN(C(C)C(=O)Nc3oc(C)c(C)c3C#N)CC2)c1C. The van der Waals surface area contributed by atoms with Crippen LogP contribution in [0.2, 0.25) is 0 Å².